The number of hydrogen-bond donors (Lipinski definition) is 0. The SMILES string of the molecule is O=P(c1ccccc1)(c1ccccc1)c1ccc(I)cc1. The summed E-state index contributed by atoms with van der Waals surface area (Å²) in [7, 11) is -2.80. The summed E-state index contributed by atoms with van der Waals surface area (Å²) in [6.45, 7) is 0. The molecule has 0 fully saturated rings. The Balaban J connectivity index is 2.26. The third-order valence-corrected chi connectivity index (χ3v) is 7.23. The molecule has 0 atom stereocenters. The van der Waals surface area contributed by atoms with Gasteiger partial charge < -0.3 is 4.57 Å². The molecule has 104 valence electrons. The summed E-state index contributed by atoms with van der Waals surface area (Å²) in [5.41, 5.74) is 0. The molecular weight excluding hydrogens is 390 g/mol. The van der Waals surface area contributed by atoms with Crippen LogP contribution >= 0.6 is 29.7 Å². The van der Waals surface area contributed by atoms with Crippen LogP contribution in [0, 0.1) is 3.57 Å². The second-order valence-corrected chi connectivity index (χ2v) is 8.77. The highest BCUT2D eigenvalue weighted by Gasteiger charge is 2.29. The highest BCUT2D eigenvalue weighted by atomic mass is 127. The van der Waals surface area contributed by atoms with E-state index in [2.05, 4.69) is 22.6 Å². The summed E-state index contributed by atoms with van der Waals surface area (Å²) in [6.07, 6.45) is 0. The second kappa shape index (κ2) is 6.17. The molecule has 3 heteroatoms. The van der Waals surface area contributed by atoms with Gasteiger partial charge in [-0.05, 0) is 46.9 Å². The Kier molecular flexibility index (Phi) is 4.27. The molecule has 0 aromatic heterocycles. The monoisotopic (exact) mass is 404 g/mol. The van der Waals surface area contributed by atoms with Gasteiger partial charge in [-0.1, -0.05) is 60.7 Å². The van der Waals surface area contributed by atoms with Crippen LogP contribution in [0.4, 0.5) is 0 Å². The van der Waals surface area contributed by atoms with Crippen LogP contribution in [0.3, 0.4) is 0 Å². The van der Waals surface area contributed by atoms with Gasteiger partial charge in [-0.25, -0.2) is 0 Å². The molecule has 0 aliphatic heterocycles. The maximum absolute atomic E-state index is 13.9. The molecule has 0 bridgehead atoms. The second-order valence-electron chi connectivity index (χ2n) is 4.76. The van der Waals surface area contributed by atoms with Gasteiger partial charge >= 0.3 is 0 Å². The molecule has 0 saturated carbocycles. The van der Waals surface area contributed by atoms with Crippen LogP contribution in [0.15, 0.2) is 84.9 Å². The summed E-state index contributed by atoms with van der Waals surface area (Å²) in [5, 5.41) is 2.62. The Hall–Kier alpha value is -1.38. The molecule has 0 amide bonds. The predicted octanol–water partition coefficient (Wildman–Crippen LogP) is 3.93. The van der Waals surface area contributed by atoms with Gasteiger partial charge in [0.1, 0.15) is 0 Å². The predicted molar refractivity (Wildman–Crippen MR) is 98.6 cm³/mol. The van der Waals surface area contributed by atoms with Crippen molar-refractivity contribution < 1.29 is 4.57 Å². The zero-order chi connectivity index (χ0) is 14.7. The van der Waals surface area contributed by atoms with Gasteiger partial charge in [-0.3, -0.25) is 0 Å². The van der Waals surface area contributed by atoms with Crippen LogP contribution in [0.5, 0.6) is 0 Å². The third-order valence-electron chi connectivity index (χ3n) is 3.43. The summed E-state index contributed by atoms with van der Waals surface area (Å²) >= 11 is 2.26. The fourth-order valence-corrected chi connectivity index (χ4v) is 5.38. The smallest absolute Gasteiger partial charge is 0.171 e. The summed E-state index contributed by atoms with van der Waals surface area (Å²) < 4.78 is 15.1. The summed E-state index contributed by atoms with van der Waals surface area (Å²) in [6, 6.07) is 27.4. The van der Waals surface area contributed by atoms with E-state index in [-0.39, 0.29) is 0 Å². The molecule has 0 aliphatic rings. The van der Waals surface area contributed by atoms with E-state index in [1.165, 1.54) is 0 Å². The largest absolute Gasteiger partial charge is 0.309 e. The van der Waals surface area contributed by atoms with Crippen LogP contribution in [0.1, 0.15) is 0 Å². The average Bonchev–Trinajstić information content (AvgIpc) is 2.56. The molecule has 0 saturated heterocycles. The number of halogens is 1. The molecule has 1 nitrogen and oxygen atoms in total. The standard InChI is InChI=1S/C18H14IOP/c19-15-11-13-18(14-12-15)21(20,16-7-3-1-4-8-16)17-9-5-2-6-10-17/h1-14H. The van der Waals surface area contributed by atoms with E-state index in [9.17, 15) is 4.57 Å². The molecular formula is C18H14IOP. The van der Waals surface area contributed by atoms with Crippen molar-refractivity contribution in [3.05, 3.63) is 88.5 Å². The number of rotatable bonds is 3. The van der Waals surface area contributed by atoms with Crippen LogP contribution < -0.4 is 15.9 Å². The first-order valence-corrected chi connectivity index (χ1v) is 9.47. The molecule has 3 aromatic carbocycles. The molecule has 0 N–H and O–H groups in total. The Morgan fingerprint density at radius 2 is 0.952 bits per heavy atom. The molecule has 3 rings (SSSR count). The minimum atomic E-state index is -2.80. The Morgan fingerprint density at radius 1 is 0.571 bits per heavy atom. The van der Waals surface area contributed by atoms with Gasteiger partial charge in [0.05, 0.1) is 0 Å². The van der Waals surface area contributed by atoms with E-state index in [0.717, 1.165) is 19.5 Å². The number of benzene rings is 3. The first-order chi connectivity index (χ1) is 10.2. The fraction of sp³-hybridized carbons (Fsp3) is 0. The normalized spacial score (nSPS) is 11.3. The van der Waals surface area contributed by atoms with E-state index >= 15 is 0 Å². The van der Waals surface area contributed by atoms with Crippen molar-refractivity contribution in [1.29, 1.82) is 0 Å². The lowest BCUT2D eigenvalue weighted by Gasteiger charge is -2.19. The van der Waals surface area contributed by atoms with Crippen LogP contribution in [-0.2, 0) is 4.57 Å². The lowest BCUT2D eigenvalue weighted by molar-refractivity contribution is 0.592. The van der Waals surface area contributed by atoms with Gasteiger partial charge in [0, 0.05) is 19.5 Å². The van der Waals surface area contributed by atoms with Gasteiger partial charge in [0.2, 0.25) is 0 Å². The third kappa shape index (κ3) is 2.83. The fourth-order valence-electron chi connectivity index (χ4n) is 2.37. The zero-order valence-corrected chi connectivity index (χ0v) is 14.4. The quantitative estimate of drug-likeness (QED) is 0.478. The molecule has 0 aliphatic carbocycles. The minimum absolute atomic E-state index is 0.873. The Bertz CT molecular complexity index is 724. The van der Waals surface area contributed by atoms with E-state index in [4.69, 9.17) is 0 Å². The van der Waals surface area contributed by atoms with Crippen LogP contribution in [-0.4, -0.2) is 0 Å². The average molecular weight is 404 g/mol. The lowest BCUT2D eigenvalue weighted by Crippen LogP contribution is -2.24. The van der Waals surface area contributed by atoms with Crippen molar-refractivity contribution in [1.82, 2.24) is 0 Å². The van der Waals surface area contributed by atoms with Crippen molar-refractivity contribution >= 4 is 45.6 Å². The van der Waals surface area contributed by atoms with Gasteiger partial charge in [-0.2, -0.15) is 0 Å². The van der Waals surface area contributed by atoms with Crippen molar-refractivity contribution in [3.63, 3.8) is 0 Å². The molecule has 0 heterocycles. The molecule has 0 spiro atoms. The van der Waals surface area contributed by atoms with Gasteiger partial charge in [-0.15, -0.1) is 0 Å². The van der Waals surface area contributed by atoms with Crippen molar-refractivity contribution in [2.45, 2.75) is 0 Å². The first-order valence-electron chi connectivity index (χ1n) is 6.69. The van der Waals surface area contributed by atoms with E-state index in [1.807, 2.05) is 84.9 Å². The van der Waals surface area contributed by atoms with Crippen molar-refractivity contribution in [2.75, 3.05) is 0 Å². The van der Waals surface area contributed by atoms with Gasteiger partial charge in [0.15, 0.2) is 7.14 Å². The van der Waals surface area contributed by atoms with E-state index in [0.29, 0.717) is 0 Å². The zero-order valence-electron chi connectivity index (χ0n) is 11.3. The highest BCUT2D eigenvalue weighted by Crippen LogP contribution is 2.42. The van der Waals surface area contributed by atoms with Crippen molar-refractivity contribution in [3.8, 4) is 0 Å². The number of hydrogen-bond acceptors (Lipinski definition) is 1. The van der Waals surface area contributed by atoms with Gasteiger partial charge in [0.25, 0.3) is 0 Å². The Morgan fingerprint density at radius 3 is 1.38 bits per heavy atom. The Labute approximate surface area is 138 Å². The first kappa shape index (κ1) is 14.6. The van der Waals surface area contributed by atoms with E-state index in [1.54, 1.807) is 0 Å². The minimum Gasteiger partial charge on any atom is -0.309 e. The summed E-state index contributed by atoms with van der Waals surface area (Å²) in [5.74, 6) is 0. The molecule has 0 unspecified atom stereocenters. The maximum Gasteiger partial charge on any atom is 0.171 e. The molecule has 3 aromatic rings. The highest BCUT2D eigenvalue weighted by molar-refractivity contribution is 14.1. The van der Waals surface area contributed by atoms with Crippen molar-refractivity contribution in [2.24, 2.45) is 0 Å². The molecule has 0 radical (unpaired) electrons. The maximum atomic E-state index is 13.9. The lowest BCUT2D eigenvalue weighted by atomic mass is 10.4. The van der Waals surface area contributed by atoms with E-state index < -0.39 is 7.14 Å². The van der Waals surface area contributed by atoms with Crippen LogP contribution in [0.2, 0.25) is 0 Å². The molecule has 21 heavy (non-hydrogen) atoms. The van der Waals surface area contributed by atoms with Crippen LogP contribution in [0.25, 0.3) is 0 Å². The summed E-state index contributed by atoms with van der Waals surface area (Å²) in [4.78, 5) is 0. The topological polar surface area (TPSA) is 17.1 Å².